The van der Waals surface area contributed by atoms with Crippen molar-refractivity contribution in [1.82, 2.24) is 19.6 Å². The van der Waals surface area contributed by atoms with Crippen LogP contribution in [0.5, 0.6) is 0 Å². The third-order valence-corrected chi connectivity index (χ3v) is 6.51. The number of piperazine rings is 1. The molecule has 158 valence electrons. The summed E-state index contributed by atoms with van der Waals surface area (Å²) in [4.78, 5) is 14.5. The molecule has 1 fully saturated rings. The molecule has 4 heterocycles. The van der Waals surface area contributed by atoms with Crippen molar-refractivity contribution in [2.24, 2.45) is 0 Å². The number of anilines is 2. The van der Waals surface area contributed by atoms with Gasteiger partial charge >= 0.3 is 0 Å². The van der Waals surface area contributed by atoms with Crippen LogP contribution in [0.4, 0.5) is 11.5 Å². The summed E-state index contributed by atoms with van der Waals surface area (Å²) in [6.07, 6.45) is 4.88. The predicted molar refractivity (Wildman–Crippen MR) is 121 cm³/mol. The maximum Gasteiger partial charge on any atom is 0.255 e. The summed E-state index contributed by atoms with van der Waals surface area (Å²) in [5.41, 5.74) is 6.52. The number of rotatable bonds is 3. The Bertz CT molecular complexity index is 1250. The van der Waals surface area contributed by atoms with Crippen molar-refractivity contribution in [1.29, 1.82) is 0 Å². The largest absolute Gasteiger partial charge is 0.461 e. The molecule has 0 saturated carbocycles. The van der Waals surface area contributed by atoms with E-state index in [4.69, 9.17) is 14.5 Å². The molecule has 3 aromatic heterocycles. The fraction of sp³-hybridized carbons (Fsp3) is 0.375. The highest BCUT2D eigenvalue weighted by Crippen LogP contribution is 2.33. The van der Waals surface area contributed by atoms with Gasteiger partial charge < -0.3 is 14.2 Å². The van der Waals surface area contributed by atoms with Gasteiger partial charge in [0.1, 0.15) is 5.82 Å². The Balaban J connectivity index is 1.36. The van der Waals surface area contributed by atoms with E-state index >= 15 is 0 Å². The van der Waals surface area contributed by atoms with E-state index in [2.05, 4.69) is 46.8 Å². The summed E-state index contributed by atoms with van der Waals surface area (Å²) in [7, 11) is 0. The van der Waals surface area contributed by atoms with E-state index in [0.29, 0.717) is 17.4 Å². The number of hydrogen-bond donors (Lipinski definition) is 0. The summed E-state index contributed by atoms with van der Waals surface area (Å²) in [5, 5.41) is 4.80. The van der Waals surface area contributed by atoms with E-state index in [1.165, 1.54) is 33.9 Å². The van der Waals surface area contributed by atoms with E-state index in [9.17, 15) is 0 Å². The van der Waals surface area contributed by atoms with Crippen molar-refractivity contribution >= 4 is 17.3 Å². The van der Waals surface area contributed by atoms with Gasteiger partial charge in [-0.25, -0.2) is 4.98 Å². The van der Waals surface area contributed by atoms with Gasteiger partial charge in [-0.2, -0.15) is 9.50 Å². The van der Waals surface area contributed by atoms with E-state index in [1.807, 2.05) is 16.6 Å². The number of fused-ring (bicyclic) bond motifs is 2. The van der Waals surface area contributed by atoms with E-state index in [-0.39, 0.29) is 0 Å². The summed E-state index contributed by atoms with van der Waals surface area (Å²) in [5.74, 6) is 3.11. The lowest BCUT2D eigenvalue weighted by atomic mass is 10.1. The molecule has 6 rings (SSSR count). The van der Waals surface area contributed by atoms with Crippen molar-refractivity contribution in [3.8, 4) is 11.6 Å². The van der Waals surface area contributed by atoms with Crippen LogP contribution in [-0.2, 0) is 12.8 Å². The number of benzene rings is 1. The molecule has 0 unspecified atom stereocenters. The van der Waals surface area contributed by atoms with Gasteiger partial charge in [0, 0.05) is 37.4 Å². The van der Waals surface area contributed by atoms with Gasteiger partial charge in [-0.05, 0) is 62.4 Å². The minimum atomic E-state index is 0.594. The second-order valence-electron chi connectivity index (χ2n) is 8.60. The lowest BCUT2D eigenvalue weighted by molar-refractivity contribution is 0.577. The topological polar surface area (TPSA) is 62.7 Å². The van der Waals surface area contributed by atoms with E-state index < -0.39 is 0 Å². The van der Waals surface area contributed by atoms with Crippen molar-refractivity contribution in [2.75, 3.05) is 36.0 Å². The number of aryl methyl sites for hydroxylation is 3. The fourth-order valence-electron chi connectivity index (χ4n) is 4.91. The quantitative estimate of drug-likeness (QED) is 0.508. The third-order valence-electron chi connectivity index (χ3n) is 6.51. The average molecular weight is 415 g/mol. The van der Waals surface area contributed by atoms with Crippen LogP contribution in [0.25, 0.3) is 17.4 Å². The Morgan fingerprint density at radius 1 is 0.935 bits per heavy atom. The van der Waals surface area contributed by atoms with Crippen molar-refractivity contribution in [3.63, 3.8) is 0 Å². The summed E-state index contributed by atoms with van der Waals surface area (Å²) >= 11 is 0. The standard InChI is InChI=1S/C24H26N6O/c1-16-8-9-17(2)20(15-16)28-10-12-29(13-11-28)23-18-5-3-6-19(18)25-24-26-22(27-30(23)24)21-7-4-14-31-21/h4,7-9,14-15H,3,5-6,10-13H2,1-2H3. The Labute approximate surface area is 181 Å². The van der Waals surface area contributed by atoms with Crippen LogP contribution >= 0.6 is 0 Å². The molecular weight excluding hydrogens is 388 g/mol. The number of nitrogens with zero attached hydrogens (tertiary/aromatic N) is 6. The number of furan rings is 1. The maximum atomic E-state index is 5.53. The van der Waals surface area contributed by atoms with Gasteiger partial charge in [-0.15, -0.1) is 5.10 Å². The third kappa shape index (κ3) is 3.07. The second-order valence-corrected chi connectivity index (χ2v) is 8.60. The average Bonchev–Trinajstić information content (AvgIpc) is 3.54. The minimum Gasteiger partial charge on any atom is -0.461 e. The maximum absolute atomic E-state index is 5.53. The van der Waals surface area contributed by atoms with E-state index in [0.717, 1.165) is 45.4 Å². The lowest BCUT2D eigenvalue weighted by Gasteiger charge is -2.38. The first-order chi connectivity index (χ1) is 15.2. The van der Waals surface area contributed by atoms with E-state index in [1.54, 1.807) is 6.26 Å². The first kappa shape index (κ1) is 18.4. The van der Waals surface area contributed by atoms with Gasteiger partial charge in [-0.1, -0.05) is 12.1 Å². The van der Waals surface area contributed by atoms with Crippen molar-refractivity contribution in [3.05, 3.63) is 59.0 Å². The zero-order chi connectivity index (χ0) is 20.9. The molecular formula is C24H26N6O. The van der Waals surface area contributed by atoms with Crippen LogP contribution in [0.1, 0.15) is 28.8 Å². The monoisotopic (exact) mass is 414 g/mol. The van der Waals surface area contributed by atoms with Gasteiger partial charge in [0.05, 0.1) is 12.0 Å². The molecule has 4 aromatic rings. The number of hydrogen-bond acceptors (Lipinski definition) is 6. The van der Waals surface area contributed by atoms with Gasteiger partial charge in [0.15, 0.2) is 5.76 Å². The molecule has 0 bridgehead atoms. The normalized spacial score (nSPS) is 16.3. The molecule has 0 amide bonds. The zero-order valence-electron chi connectivity index (χ0n) is 18.0. The Morgan fingerprint density at radius 2 is 1.77 bits per heavy atom. The molecule has 0 spiro atoms. The molecule has 7 nitrogen and oxygen atoms in total. The van der Waals surface area contributed by atoms with Crippen LogP contribution in [0, 0.1) is 13.8 Å². The molecule has 1 aliphatic carbocycles. The Hall–Kier alpha value is -3.35. The summed E-state index contributed by atoms with van der Waals surface area (Å²) in [6.45, 7) is 8.25. The van der Waals surface area contributed by atoms with Crippen molar-refractivity contribution in [2.45, 2.75) is 33.1 Å². The molecule has 1 saturated heterocycles. The highest BCUT2D eigenvalue weighted by atomic mass is 16.3. The van der Waals surface area contributed by atoms with Gasteiger partial charge in [-0.3, -0.25) is 0 Å². The fourth-order valence-corrected chi connectivity index (χ4v) is 4.91. The molecule has 0 atom stereocenters. The molecule has 1 aromatic carbocycles. The lowest BCUT2D eigenvalue weighted by Crippen LogP contribution is -2.47. The second kappa shape index (κ2) is 7.11. The predicted octanol–water partition coefficient (Wildman–Crippen LogP) is 3.82. The van der Waals surface area contributed by atoms with Gasteiger partial charge in [0.25, 0.3) is 5.78 Å². The van der Waals surface area contributed by atoms with Gasteiger partial charge in [0.2, 0.25) is 5.82 Å². The molecule has 31 heavy (non-hydrogen) atoms. The van der Waals surface area contributed by atoms with Crippen LogP contribution in [0.2, 0.25) is 0 Å². The van der Waals surface area contributed by atoms with Crippen LogP contribution in [0.15, 0.2) is 41.0 Å². The number of aromatic nitrogens is 4. The highest BCUT2D eigenvalue weighted by Gasteiger charge is 2.28. The summed E-state index contributed by atoms with van der Waals surface area (Å²) in [6, 6.07) is 10.5. The zero-order valence-corrected chi connectivity index (χ0v) is 18.0. The summed E-state index contributed by atoms with van der Waals surface area (Å²) < 4.78 is 7.47. The van der Waals surface area contributed by atoms with Crippen LogP contribution in [0.3, 0.4) is 0 Å². The smallest absolute Gasteiger partial charge is 0.255 e. The highest BCUT2D eigenvalue weighted by molar-refractivity contribution is 5.61. The molecule has 7 heteroatoms. The minimum absolute atomic E-state index is 0.594. The molecule has 0 N–H and O–H groups in total. The Morgan fingerprint density at radius 3 is 2.58 bits per heavy atom. The van der Waals surface area contributed by atoms with Crippen LogP contribution in [-0.4, -0.2) is 45.8 Å². The van der Waals surface area contributed by atoms with Crippen molar-refractivity contribution < 1.29 is 4.42 Å². The molecule has 2 aliphatic rings. The molecule has 0 radical (unpaired) electrons. The Kier molecular flexibility index (Phi) is 4.23. The first-order valence-electron chi connectivity index (χ1n) is 11.1. The SMILES string of the molecule is Cc1ccc(C)c(N2CCN(c3c4c(nc5nc(-c6ccco6)nn35)CCC4)CC2)c1. The first-order valence-corrected chi connectivity index (χ1v) is 11.1. The van der Waals surface area contributed by atoms with Crippen LogP contribution < -0.4 is 9.80 Å². The molecule has 1 aliphatic heterocycles.